The molecule has 17 heavy (non-hydrogen) atoms. The van der Waals surface area contributed by atoms with Gasteiger partial charge in [0.2, 0.25) is 0 Å². The maximum Gasteiger partial charge on any atom is 0.0823 e. The van der Waals surface area contributed by atoms with Crippen LogP contribution < -0.4 is 5.32 Å². The summed E-state index contributed by atoms with van der Waals surface area (Å²) in [7, 11) is 0. The molecule has 0 aliphatic carbocycles. The number of nitrogens with one attached hydrogen (secondary N) is 1. The van der Waals surface area contributed by atoms with E-state index in [-0.39, 0.29) is 0 Å². The molecule has 0 saturated carbocycles. The molecule has 0 bridgehead atoms. The van der Waals surface area contributed by atoms with Gasteiger partial charge >= 0.3 is 0 Å². The van der Waals surface area contributed by atoms with E-state index >= 15 is 0 Å². The molecule has 0 aromatic heterocycles. The van der Waals surface area contributed by atoms with Crippen molar-refractivity contribution in [3.05, 3.63) is 61.6 Å². The fourth-order valence-corrected chi connectivity index (χ4v) is 2.46. The van der Waals surface area contributed by atoms with Gasteiger partial charge in [-0.15, -0.1) is 0 Å². The number of benzene rings is 2. The molecule has 0 unspecified atom stereocenters. The molecule has 0 amide bonds. The summed E-state index contributed by atoms with van der Waals surface area (Å²) in [5.41, 5.74) is 2.07. The molecule has 1 nitrogen and oxygen atoms in total. The zero-order chi connectivity index (χ0) is 12.3. The highest BCUT2D eigenvalue weighted by molar-refractivity contribution is 14.1. The average molecular weight is 378 g/mol. The van der Waals surface area contributed by atoms with E-state index < -0.39 is 0 Å². The third kappa shape index (κ3) is 3.50. The monoisotopic (exact) mass is 377 g/mol. The lowest BCUT2D eigenvalue weighted by Crippen LogP contribution is -2.00. The minimum Gasteiger partial charge on any atom is -0.380 e. The summed E-state index contributed by atoms with van der Waals surface area (Å²) in [6, 6.07) is 13.9. The van der Waals surface area contributed by atoms with Gasteiger partial charge in [0.25, 0.3) is 0 Å². The van der Waals surface area contributed by atoms with Crippen molar-refractivity contribution in [1.29, 1.82) is 0 Å². The smallest absolute Gasteiger partial charge is 0.0823 e. The largest absolute Gasteiger partial charge is 0.380 e. The number of rotatable bonds is 3. The Morgan fingerprint density at radius 1 is 1.06 bits per heavy atom. The fraction of sp³-hybridized carbons (Fsp3) is 0.0769. The highest BCUT2D eigenvalue weighted by atomic mass is 127. The molecule has 0 saturated heterocycles. The van der Waals surface area contributed by atoms with Crippen LogP contribution in [0.25, 0.3) is 0 Å². The van der Waals surface area contributed by atoms with E-state index in [9.17, 15) is 0 Å². The van der Waals surface area contributed by atoms with Gasteiger partial charge in [-0.1, -0.05) is 41.4 Å². The van der Waals surface area contributed by atoms with Crippen LogP contribution in [-0.2, 0) is 6.54 Å². The van der Waals surface area contributed by atoms with E-state index in [1.54, 1.807) is 6.07 Å². The van der Waals surface area contributed by atoms with Crippen LogP contribution in [0.3, 0.4) is 0 Å². The van der Waals surface area contributed by atoms with Crippen LogP contribution in [0.4, 0.5) is 5.69 Å². The van der Waals surface area contributed by atoms with Crippen molar-refractivity contribution in [2.75, 3.05) is 5.32 Å². The van der Waals surface area contributed by atoms with Crippen molar-refractivity contribution in [1.82, 2.24) is 0 Å². The van der Waals surface area contributed by atoms with Gasteiger partial charge in [0, 0.05) is 10.1 Å². The number of hydrogen-bond donors (Lipinski definition) is 1. The third-order valence-electron chi connectivity index (χ3n) is 2.32. The zero-order valence-corrected chi connectivity index (χ0v) is 12.6. The quantitative estimate of drug-likeness (QED) is 0.724. The van der Waals surface area contributed by atoms with E-state index in [1.165, 1.54) is 9.13 Å². The minimum absolute atomic E-state index is 0.569. The second kappa shape index (κ2) is 5.94. The first-order valence-corrected chi connectivity index (χ1v) is 6.92. The van der Waals surface area contributed by atoms with Crippen LogP contribution in [0, 0.1) is 3.57 Å². The molecule has 2 aromatic rings. The topological polar surface area (TPSA) is 12.0 Å². The van der Waals surface area contributed by atoms with E-state index in [4.69, 9.17) is 23.2 Å². The lowest BCUT2D eigenvalue weighted by Gasteiger charge is -2.09. The Labute approximate surface area is 124 Å². The molecule has 0 aliphatic heterocycles. The molecule has 2 rings (SSSR count). The summed E-state index contributed by atoms with van der Waals surface area (Å²) < 4.78 is 1.22. The van der Waals surface area contributed by atoms with Gasteiger partial charge in [-0.05, 0) is 52.4 Å². The van der Waals surface area contributed by atoms with Crippen LogP contribution in [-0.4, -0.2) is 0 Å². The number of halogens is 3. The van der Waals surface area contributed by atoms with Crippen molar-refractivity contribution >= 4 is 51.5 Å². The van der Waals surface area contributed by atoms with Crippen LogP contribution in [0.2, 0.25) is 10.0 Å². The molecule has 0 heterocycles. The summed E-state index contributed by atoms with van der Waals surface area (Å²) >= 11 is 14.3. The molecule has 0 fully saturated rings. The molecule has 88 valence electrons. The average Bonchev–Trinajstić information content (AvgIpc) is 2.31. The van der Waals surface area contributed by atoms with Crippen molar-refractivity contribution in [3.8, 4) is 0 Å². The highest BCUT2D eigenvalue weighted by Crippen LogP contribution is 2.29. The van der Waals surface area contributed by atoms with Crippen molar-refractivity contribution in [2.24, 2.45) is 0 Å². The molecule has 2 aromatic carbocycles. The van der Waals surface area contributed by atoms with Crippen LogP contribution >= 0.6 is 45.8 Å². The normalized spacial score (nSPS) is 10.3. The Hall–Kier alpha value is -0.450. The van der Waals surface area contributed by atoms with E-state index in [1.807, 2.05) is 18.2 Å². The van der Waals surface area contributed by atoms with Gasteiger partial charge in [-0.3, -0.25) is 0 Å². The van der Waals surface area contributed by atoms with Crippen LogP contribution in [0.5, 0.6) is 0 Å². The van der Waals surface area contributed by atoms with Crippen molar-refractivity contribution < 1.29 is 0 Å². The molecule has 0 radical (unpaired) electrons. The fourth-order valence-electron chi connectivity index (χ4n) is 1.48. The molecule has 1 N–H and O–H groups in total. The summed E-state index contributed by atoms with van der Waals surface area (Å²) in [6.45, 7) is 0.733. The summed E-state index contributed by atoms with van der Waals surface area (Å²) in [5.74, 6) is 0. The van der Waals surface area contributed by atoms with Gasteiger partial charge in [-0.25, -0.2) is 0 Å². The van der Waals surface area contributed by atoms with Crippen molar-refractivity contribution in [2.45, 2.75) is 6.54 Å². The lowest BCUT2D eigenvalue weighted by atomic mass is 10.2. The second-order valence-electron chi connectivity index (χ2n) is 3.58. The van der Waals surface area contributed by atoms with Crippen LogP contribution in [0.1, 0.15) is 5.56 Å². The predicted molar refractivity (Wildman–Crippen MR) is 82.9 cm³/mol. The van der Waals surface area contributed by atoms with Gasteiger partial charge in [0.15, 0.2) is 0 Å². The summed E-state index contributed by atoms with van der Waals surface area (Å²) in [5, 5.41) is 4.42. The molecule has 4 heteroatoms. The molecular weight excluding hydrogens is 368 g/mol. The first kappa shape index (κ1) is 13.0. The Morgan fingerprint density at radius 2 is 1.82 bits per heavy atom. The van der Waals surface area contributed by atoms with E-state index in [2.05, 4.69) is 46.1 Å². The zero-order valence-electron chi connectivity index (χ0n) is 8.88. The molecule has 0 spiro atoms. The first-order chi connectivity index (χ1) is 8.16. The summed E-state index contributed by atoms with van der Waals surface area (Å²) in [6.07, 6.45) is 0. The minimum atomic E-state index is 0.569. The van der Waals surface area contributed by atoms with Gasteiger partial charge in [0.1, 0.15) is 0 Å². The van der Waals surface area contributed by atoms with Crippen LogP contribution in [0.15, 0.2) is 42.5 Å². The number of anilines is 1. The molecule has 0 atom stereocenters. The maximum atomic E-state index is 6.09. The molecule has 0 aliphatic rings. The van der Waals surface area contributed by atoms with Gasteiger partial charge in [0.05, 0.1) is 15.7 Å². The highest BCUT2D eigenvalue weighted by Gasteiger charge is 2.03. The standard InChI is InChI=1S/C13H10Cl2IN/c14-11-5-2-6-12(13(11)15)17-8-9-3-1-4-10(16)7-9/h1-7,17H,8H2. The van der Waals surface area contributed by atoms with Gasteiger partial charge in [-0.2, -0.15) is 0 Å². The lowest BCUT2D eigenvalue weighted by molar-refractivity contribution is 1.15. The Kier molecular flexibility index (Phi) is 4.54. The van der Waals surface area contributed by atoms with E-state index in [0.717, 1.165) is 12.2 Å². The first-order valence-electron chi connectivity index (χ1n) is 5.09. The third-order valence-corrected chi connectivity index (χ3v) is 3.81. The molecular formula is C13H10Cl2IN. The Morgan fingerprint density at radius 3 is 2.59 bits per heavy atom. The Balaban J connectivity index is 2.10. The second-order valence-corrected chi connectivity index (χ2v) is 5.62. The van der Waals surface area contributed by atoms with Crippen molar-refractivity contribution in [3.63, 3.8) is 0 Å². The van der Waals surface area contributed by atoms with Gasteiger partial charge < -0.3 is 5.32 Å². The van der Waals surface area contributed by atoms with E-state index in [0.29, 0.717) is 10.0 Å². The maximum absolute atomic E-state index is 6.09. The predicted octanol–water partition coefficient (Wildman–Crippen LogP) is 5.21. The Bertz CT molecular complexity index is 529. The SMILES string of the molecule is Clc1cccc(NCc2cccc(I)c2)c1Cl. The summed E-state index contributed by atoms with van der Waals surface area (Å²) in [4.78, 5) is 0. The number of hydrogen-bond acceptors (Lipinski definition) is 1.